The maximum Gasteiger partial charge on any atom is 0.234 e. The first-order valence-corrected chi connectivity index (χ1v) is 5.31. The fraction of sp³-hybridized carbons (Fsp3) is 0.857. The summed E-state index contributed by atoms with van der Waals surface area (Å²) in [4.78, 5) is 13.1. The molecule has 0 aliphatic carbocycles. The molecular weight excluding hydrogens is 158 g/mol. The van der Waals surface area contributed by atoms with Gasteiger partial charge in [-0.05, 0) is 26.8 Å². The number of aliphatic imine (C=N–C) groups is 1. The standard InChI is InChI=1S/C7H15NO2Si/c1-7(2,3)10-11-5-4-8-6-9/h4-5,11H2,1-3H3. The van der Waals surface area contributed by atoms with Gasteiger partial charge in [0.05, 0.1) is 6.54 Å². The lowest BCUT2D eigenvalue weighted by molar-refractivity contribution is 0.138. The van der Waals surface area contributed by atoms with Crippen LogP contribution in [0.4, 0.5) is 0 Å². The lowest BCUT2D eigenvalue weighted by Crippen LogP contribution is -2.21. The van der Waals surface area contributed by atoms with E-state index in [4.69, 9.17) is 4.43 Å². The SMILES string of the molecule is CC(C)(C)O[SiH2]CCN=C=O. The van der Waals surface area contributed by atoms with Gasteiger partial charge in [0.15, 0.2) is 9.76 Å². The van der Waals surface area contributed by atoms with Crippen LogP contribution < -0.4 is 0 Å². The summed E-state index contributed by atoms with van der Waals surface area (Å²) in [5.74, 6) is 0. The van der Waals surface area contributed by atoms with Crippen molar-refractivity contribution in [1.82, 2.24) is 0 Å². The molecule has 0 spiro atoms. The fourth-order valence-corrected chi connectivity index (χ4v) is 1.61. The summed E-state index contributed by atoms with van der Waals surface area (Å²) in [7, 11) is -0.486. The van der Waals surface area contributed by atoms with Crippen LogP contribution in [0.1, 0.15) is 20.8 Å². The molecule has 0 aromatic carbocycles. The van der Waals surface area contributed by atoms with Crippen molar-refractivity contribution in [3.8, 4) is 0 Å². The number of carbonyl (C=O) groups excluding carboxylic acids is 1. The second-order valence-electron chi connectivity index (χ2n) is 3.29. The van der Waals surface area contributed by atoms with E-state index in [1.807, 2.05) is 20.8 Å². The van der Waals surface area contributed by atoms with Crippen molar-refractivity contribution in [1.29, 1.82) is 0 Å². The molecule has 11 heavy (non-hydrogen) atoms. The highest BCUT2D eigenvalue weighted by atomic mass is 28.2. The van der Waals surface area contributed by atoms with Gasteiger partial charge in [0, 0.05) is 5.60 Å². The zero-order valence-corrected chi connectivity index (χ0v) is 8.80. The first-order valence-electron chi connectivity index (χ1n) is 3.74. The molecule has 0 aliphatic rings. The molecule has 0 fully saturated rings. The smallest absolute Gasteiger partial charge is 0.234 e. The molecule has 0 rings (SSSR count). The Morgan fingerprint density at radius 1 is 1.55 bits per heavy atom. The molecule has 3 nitrogen and oxygen atoms in total. The van der Waals surface area contributed by atoms with E-state index in [0.29, 0.717) is 6.54 Å². The number of nitrogens with zero attached hydrogens (tertiary/aromatic N) is 1. The Labute approximate surface area is 69.8 Å². The maximum absolute atomic E-state index is 9.65. The zero-order chi connectivity index (χ0) is 8.74. The van der Waals surface area contributed by atoms with Crippen LogP contribution in [0.2, 0.25) is 6.04 Å². The van der Waals surface area contributed by atoms with Gasteiger partial charge >= 0.3 is 0 Å². The van der Waals surface area contributed by atoms with Crippen LogP contribution in [0.25, 0.3) is 0 Å². The summed E-state index contributed by atoms with van der Waals surface area (Å²) in [6.45, 7) is 6.67. The summed E-state index contributed by atoms with van der Waals surface area (Å²) >= 11 is 0. The van der Waals surface area contributed by atoms with Crippen molar-refractivity contribution in [3.63, 3.8) is 0 Å². The first-order chi connectivity index (χ1) is 5.06. The topological polar surface area (TPSA) is 38.7 Å². The van der Waals surface area contributed by atoms with Crippen LogP contribution in [0.3, 0.4) is 0 Å². The van der Waals surface area contributed by atoms with Gasteiger partial charge < -0.3 is 4.43 Å². The van der Waals surface area contributed by atoms with Crippen molar-refractivity contribution in [3.05, 3.63) is 0 Å². The Hall–Kier alpha value is -0.443. The quantitative estimate of drug-likeness (QED) is 0.271. The molecule has 0 aromatic rings. The van der Waals surface area contributed by atoms with Gasteiger partial charge in [-0.1, -0.05) is 0 Å². The van der Waals surface area contributed by atoms with Crippen molar-refractivity contribution in [2.24, 2.45) is 4.99 Å². The van der Waals surface area contributed by atoms with Crippen LogP contribution in [0.5, 0.6) is 0 Å². The molecule has 0 saturated heterocycles. The normalized spacial score (nSPS) is 11.9. The van der Waals surface area contributed by atoms with Gasteiger partial charge in [-0.15, -0.1) is 0 Å². The van der Waals surface area contributed by atoms with E-state index in [-0.39, 0.29) is 5.60 Å². The van der Waals surface area contributed by atoms with Crippen molar-refractivity contribution < 1.29 is 9.22 Å². The molecule has 0 heterocycles. The van der Waals surface area contributed by atoms with Crippen molar-refractivity contribution in [2.45, 2.75) is 32.4 Å². The van der Waals surface area contributed by atoms with Crippen LogP contribution >= 0.6 is 0 Å². The first kappa shape index (κ1) is 10.6. The second-order valence-corrected chi connectivity index (χ2v) is 4.69. The Morgan fingerprint density at radius 2 is 2.18 bits per heavy atom. The van der Waals surface area contributed by atoms with E-state index in [1.165, 1.54) is 6.08 Å². The Morgan fingerprint density at radius 3 is 2.64 bits per heavy atom. The van der Waals surface area contributed by atoms with Crippen molar-refractivity contribution >= 4 is 15.8 Å². The molecule has 0 atom stereocenters. The highest BCUT2D eigenvalue weighted by Gasteiger charge is 2.08. The number of isocyanates is 1. The molecule has 0 unspecified atom stereocenters. The second kappa shape index (κ2) is 5.24. The van der Waals surface area contributed by atoms with E-state index >= 15 is 0 Å². The van der Waals surface area contributed by atoms with E-state index < -0.39 is 9.76 Å². The molecule has 64 valence electrons. The monoisotopic (exact) mass is 173 g/mol. The highest BCUT2D eigenvalue weighted by Crippen LogP contribution is 2.05. The number of hydrogen-bond acceptors (Lipinski definition) is 3. The summed E-state index contributed by atoms with van der Waals surface area (Å²) in [5.41, 5.74) is -0.0306. The lowest BCUT2D eigenvalue weighted by atomic mass is 10.2. The van der Waals surface area contributed by atoms with E-state index in [1.54, 1.807) is 0 Å². The fourth-order valence-electron chi connectivity index (χ4n) is 0.568. The molecule has 0 aliphatic heterocycles. The zero-order valence-electron chi connectivity index (χ0n) is 7.39. The third-order valence-corrected chi connectivity index (χ3v) is 2.69. The van der Waals surface area contributed by atoms with Crippen molar-refractivity contribution in [2.75, 3.05) is 6.54 Å². The molecule has 0 radical (unpaired) electrons. The minimum absolute atomic E-state index is 0.0306. The summed E-state index contributed by atoms with van der Waals surface area (Å²) in [5, 5.41) is 0. The highest BCUT2D eigenvalue weighted by molar-refractivity contribution is 6.27. The summed E-state index contributed by atoms with van der Waals surface area (Å²) in [6.07, 6.45) is 1.51. The molecular formula is C7H15NO2Si. The van der Waals surface area contributed by atoms with Gasteiger partial charge in [-0.25, -0.2) is 9.79 Å². The number of hydrogen-bond donors (Lipinski definition) is 0. The lowest BCUT2D eigenvalue weighted by Gasteiger charge is -2.19. The summed E-state index contributed by atoms with van der Waals surface area (Å²) in [6, 6.07) is 0.923. The van der Waals surface area contributed by atoms with E-state index in [0.717, 1.165) is 6.04 Å². The third-order valence-electron chi connectivity index (χ3n) is 1.01. The largest absolute Gasteiger partial charge is 0.419 e. The van der Waals surface area contributed by atoms with E-state index in [9.17, 15) is 4.79 Å². The molecule has 0 amide bonds. The van der Waals surface area contributed by atoms with Gasteiger partial charge in [0.2, 0.25) is 6.08 Å². The third kappa shape index (κ3) is 9.56. The molecule has 0 aromatic heterocycles. The van der Waals surface area contributed by atoms with Gasteiger partial charge in [-0.3, -0.25) is 0 Å². The maximum atomic E-state index is 9.65. The number of rotatable bonds is 4. The van der Waals surface area contributed by atoms with E-state index in [2.05, 4.69) is 4.99 Å². The average Bonchev–Trinajstić information content (AvgIpc) is 1.85. The Bertz CT molecular complexity index is 147. The van der Waals surface area contributed by atoms with Gasteiger partial charge in [0.1, 0.15) is 0 Å². The summed E-state index contributed by atoms with van der Waals surface area (Å²) < 4.78 is 5.52. The average molecular weight is 173 g/mol. The predicted molar refractivity (Wildman–Crippen MR) is 47.2 cm³/mol. The van der Waals surface area contributed by atoms with Crippen LogP contribution in [-0.4, -0.2) is 28.0 Å². The molecule has 4 heteroatoms. The van der Waals surface area contributed by atoms with Gasteiger partial charge in [-0.2, -0.15) is 0 Å². The van der Waals surface area contributed by atoms with Crippen LogP contribution in [0, 0.1) is 0 Å². The minimum atomic E-state index is -0.486. The van der Waals surface area contributed by atoms with Crippen LogP contribution in [0.15, 0.2) is 4.99 Å². The Balaban J connectivity index is 3.21. The van der Waals surface area contributed by atoms with Gasteiger partial charge in [0.25, 0.3) is 0 Å². The molecule has 0 bridgehead atoms. The molecule has 0 N–H and O–H groups in total. The minimum Gasteiger partial charge on any atom is -0.419 e. The Kier molecular flexibility index (Phi) is 5.03. The molecule has 0 saturated carbocycles. The van der Waals surface area contributed by atoms with Crippen LogP contribution in [-0.2, 0) is 9.22 Å². The predicted octanol–water partition coefficient (Wildman–Crippen LogP) is 0.639.